The molecule has 0 saturated carbocycles. The van der Waals surface area contributed by atoms with Crippen molar-refractivity contribution in [2.75, 3.05) is 0 Å². The lowest BCUT2D eigenvalue weighted by Crippen LogP contribution is -2.61. The lowest BCUT2D eigenvalue weighted by atomic mass is 10.1. The van der Waals surface area contributed by atoms with Crippen molar-refractivity contribution in [2.45, 2.75) is 6.55 Å². The Balaban J connectivity index is 1.95. The maximum Gasteiger partial charge on any atom is 0.191 e. The van der Waals surface area contributed by atoms with Gasteiger partial charge in [0.15, 0.2) is 8.07 Å². The van der Waals surface area contributed by atoms with Gasteiger partial charge in [0.1, 0.15) is 11.0 Å². The fraction of sp³-hybridized carbons (Fsp3) is 0.0476. The summed E-state index contributed by atoms with van der Waals surface area (Å²) in [7, 11) is -2.05. The second-order valence-corrected chi connectivity index (χ2v) is 10.2. The van der Waals surface area contributed by atoms with Crippen molar-refractivity contribution in [1.82, 2.24) is 0 Å². The number of benzene rings is 3. The summed E-state index contributed by atoms with van der Waals surface area (Å²) >= 11 is 0. The van der Waals surface area contributed by atoms with Crippen LogP contribution in [0.25, 0.3) is 22.1 Å². The van der Waals surface area contributed by atoms with Gasteiger partial charge in [-0.2, -0.15) is 0 Å². The molecule has 1 nitrogen and oxygen atoms in total. The minimum atomic E-state index is -2.05. The molecule has 5 rings (SSSR count). The third-order valence-electron chi connectivity index (χ3n) is 5.14. The highest BCUT2D eigenvalue weighted by atomic mass is 28.3. The highest BCUT2D eigenvalue weighted by Gasteiger charge is 2.47. The highest BCUT2D eigenvalue weighted by Crippen LogP contribution is 2.35. The molecule has 0 aliphatic carbocycles. The maximum atomic E-state index is 6.42. The minimum Gasteiger partial charge on any atom is -0.465 e. The molecule has 0 saturated heterocycles. The number of para-hydroxylation sites is 1. The Morgan fingerprint density at radius 3 is 2.30 bits per heavy atom. The maximum absolute atomic E-state index is 6.42. The van der Waals surface area contributed by atoms with E-state index in [4.69, 9.17) is 4.42 Å². The van der Waals surface area contributed by atoms with Crippen molar-refractivity contribution in [3.05, 3.63) is 78.9 Å². The van der Waals surface area contributed by atoms with Gasteiger partial charge in [-0.3, -0.25) is 0 Å². The zero-order valence-electron chi connectivity index (χ0n) is 12.9. The summed E-state index contributed by atoms with van der Waals surface area (Å²) in [5.41, 5.74) is 3.67. The molecule has 0 radical (unpaired) electrons. The van der Waals surface area contributed by atoms with Crippen LogP contribution in [0.2, 0.25) is 6.55 Å². The fourth-order valence-corrected chi connectivity index (χ4v) is 7.92. The van der Waals surface area contributed by atoms with Crippen LogP contribution in [0, 0.1) is 0 Å². The van der Waals surface area contributed by atoms with E-state index in [9.17, 15) is 0 Å². The first kappa shape index (κ1) is 12.9. The van der Waals surface area contributed by atoms with Crippen LogP contribution < -0.4 is 15.8 Å². The molecule has 0 N–H and O–H groups in total. The van der Waals surface area contributed by atoms with E-state index >= 15 is 0 Å². The van der Waals surface area contributed by atoms with Gasteiger partial charge in [0.05, 0.1) is 0 Å². The minimum absolute atomic E-state index is 1.00. The summed E-state index contributed by atoms with van der Waals surface area (Å²) in [6, 6.07) is 28.1. The van der Waals surface area contributed by atoms with Gasteiger partial charge < -0.3 is 4.42 Å². The van der Waals surface area contributed by atoms with Crippen LogP contribution in [0.4, 0.5) is 0 Å². The second-order valence-electron chi connectivity index (χ2n) is 6.34. The molecule has 23 heavy (non-hydrogen) atoms. The second kappa shape index (κ2) is 4.46. The molecular weight excluding hydrogens is 296 g/mol. The van der Waals surface area contributed by atoms with Crippen molar-refractivity contribution >= 4 is 34.8 Å². The first-order valence-corrected chi connectivity index (χ1v) is 10.5. The third-order valence-corrected chi connectivity index (χ3v) is 9.40. The predicted octanol–water partition coefficient (Wildman–Crippen LogP) is 3.51. The van der Waals surface area contributed by atoms with Crippen molar-refractivity contribution in [3.8, 4) is 11.1 Å². The Labute approximate surface area is 136 Å². The van der Waals surface area contributed by atoms with Gasteiger partial charge in [-0.05, 0) is 22.0 Å². The van der Waals surface area contributed by atoms with Crippen molar-refractivity contribution in [2.24, 2.45) is 0 Å². The van der Waals surface area contributed by atoms with Gasteiger partial charge in [0.25, 0.3) is 0 Å². The summed E-state index contributed by atoms with van der Waals surface area (Å²) in [6.07, 6.45) is 0. The third kappa shape index (κ3) is 1.56. The van der Waals surface area contributed by atoms with Gasteiger partial charge in [0.2, 0.25) is 0 Å². The number of hydrogen-bond donors (Lipinski definition) is 0. The van der Waals surface area contributed by atoms with Crippen LogP contribution in [-0.2, 0) is 0 Å². The highest BCUT2D eigenvalue weighted by molar-refractivity contribution is 7.13. The van der Waals surface area contributed by atoms with E-state index in [1.165, 1.54) is 32.3 Å². The van der Waals surface area contributed by atoms with Crippen LogP contribution in [0.1, 0.15) is 0 Å². The quantitative estimate of drug-likeness (QED) is 0.490. The van der Waals surface area contributed by atoms with E-state index in [-0.39, 0.29) is 0 Å². The molecule has 110 valence electrons. The lowest BCUT2D eigenvalue weighted by Gasteiger charge is -2.23. The summed E-state index contributed by atoms with van der Waals surface area (Å²) in [5, 5.41) is 5.31. The van der Waals surface area contributed by atoms with Crippen LogP contribution in [0.5, 0.6) is 0 Å². The van der Waals surface area contributed by atoms with E-state index in [0.717, 1.165) is 5.58 Å². The molecule has 4 aromatic rings. The fourth-order valence-electron chi connectivity index (χ4n) is 3.98. The average molecular weight is 312 g/mol. The largest absolute Gasteiger partial charge is 0.465 e. The van der Waals surface area contributed by atoms with Gasteiger partial charge in [-0.15, -0.1) is 0 Å². The van der Waals surface area contributed by atoms with Gasteiger partial charge in [0, 0.05) is 10.9 Å². The molecule has 1 atom stereocenters. The van der Waals surface area contributed by atoms with E-state index in [0.29, 0.717) is 0 Å². The van der Waals surface area contributed by atoms with E-state index < -0.39 is 8.07 Å². The Morgan fingerprint density at radius 2 is 1.43 bits per heavy atom. The Bertz CT molecular complexity index is 1030. The lowest BCUT2D eigenvalue weighted by molar-refractivity contribution is 0.651. The number of rotatable bonds is 1. The molecule has 1 unspecified atom stereocenters. The Hall–Kier alpha value is -2.58. The molecular formula is C21H16OSi. The van der Waals surface area contributed by atoms with Crippen LogP contribution >= 0.6 is 0 Å². The molecule has 0 fully saturated rings. The van der Waals surface area contributed by atoms with E-state index in [1.807, 2.05) is 6.07 Å². The summed E-state index contributed by atoms with van der Waals surface area (Å²) in [4.78, 5) is 0. The molecule has 1 aliphatic heterocycles. The number of hydrogen-bond acceptors (Lipinski definition) is 1. The molecule has 2 heterocycles. The van der Waals surface area contributed by atoms with E-state index in [2.05, 4.69) is 79.3 Å². The molecule has 1 aliphatic rings. The molecule has 2 heteroatoms. The first-order chi connectivity index (χ1) is 11.3. The molecule has 3 aromatic carbocycles. The SMILES string of the molecule is C[Si]1(c2ccccc2)c2ccccc2-c2c1oc1ccccc21. The molecule has 0 amide bonds. The molecule has 0 bridgehead atoms. The van der Waals surface area contributed by atoms with Crippen LogP contribution in [0.3, 0.4) is 0 Å². The van der Waals surface area contributed by atoms with Crippen LogP contribution in [0.15, 0.2) is 83.3 Å². The predicted molar refractivity (Wildman–Crippen MR) is 98.6 cm³/mol. The smallest absolute Gasteiger partial charge is 0.191 e. The normalized spacial score (nSPS) is 18.8. The molecule has 0 spiro atoms. The average Bonchev–Trinajstić information content (AvgIpc) is 3.12. The van der Waals surface area contributed by atoms with Gasteiger partial charge >= 0.3 is 0 Å². The van der Waals surface area contributed by atoms with E-state index in [1.54, 1.807) is 0 Å². The number of furan rings is 1. The van der Waals surface area contributed by atoms with Gasteiger partial charge in [-0.25, -0.2) is 0 Å². The van der Waals surface area contributed by atoms with Gasteiger partial charge in [-0.1, -0.05) is 79.3 Å². The van der Waals surface area contributed by atoms with Crippen molar-refractivity contribution in [1.29, 1.82) is 0 Å². The summed E-state index contributed by atoms with van der Waals surface area (Å²) in [6.45, 7) is 2.41. The number of fused-ring (bicyclic) bond motifs is 5. The molecule has 1 aromatic heterocycles. The zero-order chi connectivity index (χ0) is 15.4. The zero-order valence-corrected chi connectivity index (χ0v) is 13.9. The van der Waals surface area contributed by atoms with Crippen molar-refractivity contribution in [3.63, 3.8) is 0 Å². The standard InChI is InChI=1S/C21H16OSi/c1-23(15-9-3-2-4-10-15)19-14-8-6-12-17(19)20-16-11-5-7-13-18(16)22-21(20)23/h2-14H,1H3. The topological polar surface area (TPSA) is 13.1 Å². The summed E-state index contributed by atoms with van der Waals surface area (Å²) < 4.78 is 6.42. The summed E-state index contributed by atoms with van der Waals surface area (Å²) in [5.74, 6) is 0. The Morgan fingerprint density at radius 1 is 0.739 bits per heavy atom. The monoisotopic (exact) mass is 312 g/mol. The van der Waals surface area contributed by atoms with Crippen LogP contribution in [-0.4, -0.2) is 8.07 Å². The Kier molecular flexibility index (Phi) is 2.50. The first-order valence-electron chi connectivity index (χ1n) is 7.97. The van der Waals surface area contributed by atoms with Crippen molar-refractivity contribution < 1.29 is 4.42 Å².